The summed E-state index contributed by atoms with van der Waals surface area (Å²) in [6.45, 7) is 0. The van der Waals surface area contributed by atoms with Crippen molar-refractivity contribution in [2.24, 2.45) is 0 Å². The van der Waals surface area contributed by atoms with Crippen LogP contribution in [0.1, 0.15) is 6.04 Å². The van der Waals surface area contributed by atoms with Crippen LogP contribution in [-0.2, 0) is 9.59 Å². The Morgan fingerprint density at radius 3 is 2.82 bits per heavy atom. The highest BCUT2D eigenvalue weighted by Gasteiger charge is 2.20. The molecule has 7 heteroatoms. The van der Waals surface area contributed by atoms with Gasteiger partial charge in [0.2, 0.25) is 12.3 Å². The van der Waals surface area contributed by atoms with E-state index in [-0.39, 0.29) is 0 Å². The molecule has 1 aromatic rings. The second kappa shape index (κ2) is 2.86. The van der Waals surface area contributed by atoms with Crippen LogP contribution in [0.15, 0.2) is 6.33 Å². The van der Waals surface area contributed by atoms with Crippen molar-refractivity contribution in [1.82, 2.24) is 20.2 Å². The van der Waals surface area contributed by atoms with Crippen molar-refractivity contribution in [2.75, 3.05) is 0 Å². The fourth-order valence-electron chi connectivity index (χ4n) is 0.504. The van der Waals surface area contributed by atoms with Crippen molar-refractivity contribution >= 4 is 12.3 Å². The van der Waals surface area contributed by atoms with Gasteiger partial charge in [-0.1, -0.05) is 0 Å². The first kappa shape index (κ1) is 7.32. The average Bonchev–Trinajstić information content (AvgIpc) is 2.40. The predicted molar refractivity (Wildman–Crippen MR) is 30.2 cm³/mol. The van der Waals surface area contributed by atoms with Gasteiger partial charge < -0.3 is 5.11 Å². The lowest BCUT2D eigenvalue weighted by molar-refractivity contribution is -0.139. The number of aliphatic carboxylic acids is 1. The molecule has 1 radical (unpaired) electrons. The van der Waals surface area contributed by atoms with Crippen LogP contribution in [0.4, 0.5) is 0 Å². The van der Waals surface area contributed by atoms with Gasteiger partial charge >= 0.3 is 5.97 Å². The second-order valence-electron chi connectivity index (χ2n) is 1.65. The summed E-state index contributed by atoms with van der Waals surface area (Å²) in [6, 6.07) is -1.45. The highest BCUT2D eigenvalue weighted by atomic mass is 16.4. The van der Waals surface area contributed by atoms with Gasteiger partial charge in [-0.25, -0.2) is 9.48 Å². The number of carbonyl (C=O) groups is 1. The van der Waals surface area contributed by atoms with E-state index in [4.69, 9.17) is 5.11 Å². The van der Waals surface area contributed by atoms with E-state index < -0.39 is 12.0 Å². The topological polar surface area (TPSA) is 98.0 Å². The molecule has 1 unspecified atom stereocenters. The van der Waals surface area contributed by atoms with Crippen LogP contribution < -0.4 is 0 Å². The molecule has 1 N–H and O–H groups in total. The predicted octanol–water partition coefficient (Wildman–Crippen LogP) is -1.59. The van der Waals surface area contributed by atoms with Crippen molar-refractivity contribution in [3.05, 3.63) is 6.33 Å². The molecule has 0 amide bonds. The summed E-state index contributed by atoms with van der Waals surface area (Å²) in [5, 5.41) is 17.9. The molecule has 1 aromatic heterocycles. The fourth-order valence-corrected chi connectivity index (χ4v) is 0.504. The molecule has 7 nitrogen and oxygen atoms in total. The molecule has 1 atom stereocenters. The SMILES string of the molecule is O=[C]C(C(=O)O)n1cnnn1. The third kappa shape index (κ3) is 1.37. The average molecular weight is 155 g/mol. The molecular weight excluding hydrogens is 152 g/mol. The minimum absolute atomic E-state index is 0.801. The van der Waals surface area contributed by atoms with E-state index in [9.17, 15) is 9.59 Å². The maximum absolute atomic E-state index is 10.3. The smallest absolute Gasteiger partial charge is 0.336 e. The highest BCUT2D eigenvalue weighted by molar-refractivity contribution is 5.88. The number of tetrazole rings is 1. The zero-order valence-corrected chi connectivity index (χ0v) is 5.21. The maximum atomic E-state index is 10.3. The van der Waals surface area contributed by atoms with E-state index in [0.29, 0.717) is 0 Å². The monoisotopic (exact) mass is 155 g/mol. The first-order valence-electron chi connectivity index (χ1n) is 2.58. The highest BCUT2D eigenvalue weighted by Crippen LogP contribution is 1.97. The molecule has 0 spiro atoms. The number of hydrogen-bond donors (Lipinski definition) is 1. The number of carboxylic acid groups (broad SMARTS) is 1. The van der Waals surface area contributed by atoms with Crippen LogP contribution in [0, 0.1) is 0 Å². The van der Waals surface area contributed by atoms with Gasteiger partial charge in [-0.2, -0.15) is 0 Å². The van der Waals surface area contributed by atoms with Crippen LogP contribution in [0.3, 0.4) is 0 Å². The first-order valence-corrected chi connectivity index (χ1v) is 2.58. The Morgan fingerprint density at radius 1 is 1.73 bits per heavy atom. The molecule has 1 rings (SSSR count). The Labute approximate surface area is 60.6 Å². The van der Waals surface area contributed by atoms with Crippen LogP contribution in [0.5, 0.6) is 0 Å². The maximum Gasteiger partial charge on any atom is 0.336 e. The Morgan fingerprint density at radius 2 is 2.45 bits per heavy atom. The van der Waals surface area contributed by atoms with Crippen LogP contribution in [0.2, 0.25) is 0 Å². The van der Waals surface area contributed by atoms with E-state index >= 15 is 0 Å². The summed E-state index contributed by atoms with van der Waals surface area (Å²) in [6.07, 6.45) is 2.31. The number of nitrogens with zero attached hydrogens (tertiary/aromatic N) is 4. The zero-order valence-electron chi connectivity index (χ0n) is 5.21. The normalized spacial score (nSPS) is 12.4. The van der Waals surface area contributed by atoms with Crippen molar-refractivity contribution in [2.45, 2.75) is 6.04 Å². The molecule has 0 aromatic carbocycles. The molecule has 0 saturated heterocycles. The van der Waals surface area contributed by atoms with E-state index in [1.807, 2.05) is 0 Å². The van der Waals surface area contributed by atoms with Gasteiger partial charge in [0.15, 0.2) is 0 Å². The molecule has 0 saturated carbocycles. The van der Waals surface area contributed by atoms with Crippen molar-refractivity contribution in [3.8, 4) is 0 Å². The lowest BCUT2D eigenvalue weighted by atomic mass is 10.3. The molecule has 1 heterocycles. The molecule has 0 bridgehead atoms. The first-order chi connectivity index (χ1) is 5.25. The number of carbonyl (C=O) groups excluding carboxylic acids is 1. The largest absolute Gasteiger partial charge is 0.479 e. The lowest BCUT2D eigenvalue weighted by Crippen LogP contribution is -2.20. The Kier molecular flexibility index (Phi) is 1.90. The summed E-state index contributed by atoms with van der Waals surface area (Å²) in [7, 11) is 0. The minimum atomic E-state index is -1.45. The van der Waals surface area contributed by atoms with Crippen LogP contribution in [-0.4, -0.2) is 37.6 Å². The van der Waals surface area contributed by atoms with Crippen molar-refractivity contribution in [3.63, 3.8) is 0 Å². The molecule has 0 aliphatic rings. The molecule has 57 valence electrons. The molecule has 0 fully saturated rings. The summed E-state index contributed by atoms with van der Waals surface area (Å²) in [5.41, 5.74) is 0. The summed E-state index contributed by atoms with van der Waals surface area (Å²) >= 11 is 0. The second-order valence-corrected chi connectivity index (χ2v) is 1.65. The van der Waals surface area contributed by atoms with Gasteiger partial charge in [0.1, 0.15) is 6.33 Å². The number of aromatic nitrogens is 4. The molecular formula is C4H3N4O3. The van der Waals surface area contributed by atoms with Crippen molar-refractivity contribution in [1.29, 1.82) is 0 Å². The number of rotatable bonds is 3. The van der Waals surface area contributed by atoms with Gasteiger partial charge in [0.25, 0.3) is 0 Å². The van der Waals surface area contributed by atoms with E-state index in [1.54, 1.807) is 0 Å². The standard InChI is InChI=1S/C4H3N4O3/c9-1-3(4(10)11)8-2-5-6-7-8/h2-3H,(H,10,11). The molecule has 0 aliphatic heterocycles. The van der Waals surface area contributed by atoms with Gasteiger partial charge in [-0.3, -0.25) is 4.79 Å². The Bertz CT molecular complexity index is 256. The van der Waals surface area contributed by atoms with Gasteiger partial charge in [0.05, 0.1) is 0 Å². The number of hydrogen-bond acceptors (Lipinski definition) is 5. The quantitative estimate of drug-likeness (QED) is 0.528. The van der Waals surface area contributed by atoms with Crippen LogP contribution in [0.25, 0.3) is 0 Å². The van der Waals surface area contributed by atoms with Gasteiger partial charge in [-0.15, -0.1) is 5.10 Å². The number of carboxylic acids is 1. The zero-order chi connectivity index (χ0) is 8.27. The van der Waals surface area contributed by atoms with Crippen molar-refractivity contribution < 1.29 is 14.7 Å². The summed E-state index contributed by atoms with van der Waals surface area (Å²) < 4.78 is 0.801. The van der Waals surface area contributed by atoms with E-state index in [2.05, 4.69) is 15.5 Å². The third-order valence-corrected chi connectivity index (χ3v) is 0.975. The van der Waals surface area contributed by atoms with Gasteiger partial charge in [-0.05, 0) is 10.4 Å². The van der Waals surface area contributed by atoms with E-state index in [0.717, 1.165) is 11.0 Å². The fraction of sp³-hybridized carbons (Fsp3) is 0.250. The minimum Gasteiger partial charge on any atom is -0.479 e. The van der Waals surface area contributed by atoms with E-state index in [1.165, 1.54) is 6.29 Å². The third-order valence-electron chi connectivity index (χ3n) is 0.975. The Balaban J connectivity index is 2.88. The van der Waals surface area contributed by atoms with Gasteiger partial charge in [0, 0.05) is 0 Å². The summed E-state index contributed by atoms with van der Waals surface area (Å²) in [4.78, 5) is 20.3. The lowest BCUT2D eigenvalue weighted by Gasteiger charge is -1.99. The molecule has 11 heavy (non-hydrogen) atoms. The molecule has 0 aliphatic carbocycles. The van der Waals surface area contributed by atoms with Crippen LogP contribution >= 0.6 is 0 Å². The Hall–Kier alpha value is -1.79. The summed E-state index contributed by atoms with van der Waals surface area (Å²) in [5.74, 6) is -1.34.